The number of carbonyl (C=O) groups is 1. The molecule has 0 radical (unpaired) electrons. The van der Waals surface area contributed by atoms with Gasteiger partial charge in [-0.1, -0.05) is 55.5 Å². The van der Waals surface area contributed by atoms with E-state index in [2.05, 4.69) is 60.8 Å². The lowest BCUT2D eigenvalue weighted by Gasteiger charge is -2.26. The van der Waals surface area contributed by atoms with Crippen LogP contribution in [0, 0.1) is 0 Å². The van der Waals surface area contributed by atoms with Gasteiger partial charge in [0.1, 0.15) is 0 Å². The number of rotatable bonds is 4. The molecule has 1 aliphatic carbocycles. The van der Waals surface area contributed by atoms with Gasteiger partial charge in [-0.3, -0.25) is 4.79 Å². The van der Waals surface area contributed by atoms with Crippen molar-refractivity contribution >= 4 is 5.91 Å². The molecule has 0 saturated heterocycles. The van der Waals surface area contributed by atoms with Crippen molar-refractivity contribution in [1.29, 1.82) is 0 Å². The molecular weight excluding hydrogens is 270 g/mol. The number of hydrogen-bond acceptors (Lipinski definition) is 1. The van der Waals surface area contributed by atoms with Crippen LogP contribution in [0.4, 0.5) is 0 Å². The van der Waals surface area contributed by atoms with Crippen molar-refractivity contribution < 1.29 is 4.79 Å². The molecule has 0 saturated carbocycles. The molecule has 1 aliphatic rings. The maximum absolute atomic E-state index is 12.3. The quantitative estimate of drug-likeness (QED) is 0.907. The van der Waals surface area contributed by atoms with E-state index in [1.165, 1.54) is 16.7 Å². The van der Waals surface area contributed by atoms with Crippen LogP contribution < -0.4 is 5.32 Å². The van der Waals surface area contributed by atoms with E-state index in [1.807, 2.05) is 0 Å². The van der Waals surface area contributed by atoms with Crippen LogP contribution in [0.5, 0.6) is 0 Å². The molecule has 1 N–H and O–H groups in total. The molecule has 1 atom stereocenters. The van der Waals surface area contributed by atoms with Gasteiger partial charge in [0.25, 0.3) is 0 Å². The summed E-state index contributed by atoms with van der Waals surface area (Å²) in [5.74, 6) is 0.117. The van der Waals surface area contributed by atoms with E-state index >= 15 is 0 Å². The van der Waals surface area contributed by atoms with Gasteiger partial charge in [-0.15, -0.1) is 0 Å². The maximum atomic E-state index is 12.3. The van der Waals surface area contributed by atoms with Gasteiger partial charge < -0.3 is 5.32 Å². The summed E-state index contributed by atoms with van der Waals surface area (Å²) >= 11 is 0. The van der Waals surface area contributed by atoms with E-state index in [0.29, 0.717) is 6.42 Å². The zero-order chi connectivity index (χ0) is 15.4. The Hall–Kier alpha value is -2.09. The summed E-state index contributed by atoms with van der Waals surface area (Å²) in [7, 11) is 0. The Kier molecular flexibility index (Phi) is 4.57. The zero-order valence-electron chi connectivity index (χ0n) is 13.1. The van der Waals surface area contributed by atoms with Crippen LogP contribution in [-0.2, 0) is 24.1 Å². The van der Waals surface area contributed by atoms with Crippen LogP contribution in [0.1, 0.15) is 48.1 Å². The highest BCUT2D eigenvalue weighted by Gasteiger charge is 2.21. The fourth-order valence-electron chi connectivity index (χ4n) is 3.23. The summed E-state index contributed by atoms with van der Waals surface area (Å²) in [6.45, 7) is 2.14. The van der Waals surface area contributed by atoms with Crippen molar-refractivity contribution in [3.63, 3.8) is 0 Å². The summed E-state index contributed by atoms with van der Waals surface area (Å²) in [5, 5.41) is 3.21. The Bertz CT molecular complexity index is 645. The molecular formula is C20H23NO. The normalized spacial score (nSPS) is 16.9. The van der Waals surface area contributed by atoms with Gasteiger partial charge >= 0.3 is 0 Å². The van der Waals surface area contributed by atoms with Crippen molar-refractivity contribution in [3.8, 4) is 0 Å². The first-order chi connectivity index (χ1) is 10.8. The van der Waals surface area contributed by atoms with Crippen molar-refractivity contribution in [1.82, 2.24) is 5.32 Å². The summed E-state index contributed by atoms with van der Waals surface area (Å²) in [6, 6.07) is 17.0. The second-order valence-corrected chi connectivity index (χ2v) is 6.06. The van der Waals surface area contributed by atoms with Crippen molar-refractivity contribution in [2.24, 2.45) is 0 Å². The Balaban J connectivity index is 1.65. The van der Waals surface area contributed by atoms with Crippen LogP contribution in [0.15, 0.2) is 48.5 Å². The summed E-state index contributed by atoms with van der Waals surface area (Å²) < 4.78 is 0. The second kappa shape index (κ2) is 6.78. The molecule has 0 spiro atoms. The molecule has 0 aromatic heterocycles. The minimum absolute atomic E-state index is 0.117. The van der Waals surface area contributed by atoms with E-state index in [-0.39, 0.29) is 11.9 Å². The summed E-state index contributed by atoms with van der Waals surface area (Å²) in [5.41, 5.74) is 5.07. The van der Waals surface area contributed by atoms with Gasteiger partial charge in [0.2, 0.25) is 5.91 Å². The van der Waals surface area contributed by atoms with Gasteiger partial charge in [-0.05, 0) is 47.9 Å². The van der Waals surface area contributed by atoms with Gasteiger partial charge in [-0.25, -0.2) is 0 Å². The average molecular weight is 293 g/mol. The van der Waals surface area contributed by atoms with Gasteiger partial charge in [0.05, 0.1) is 12.5 Å². The third-order valence-electron chi connectivity index (χ3n) is 4.50. The number of nitrogens with one attached hydrogen (secondary N) is 1. The maximum Gasteiger partial charge on any atom is 0.224 e. The molecule has 0 unspecified atom stereocenters. The molecule has 114 valence electrons. The highest BCUT2D eigenvalue weighted by Crippen LogP contribution is 2.29. The molecule has 0 bridgehead atoms. The summed E-state index contributed by atoms with van der Waals surface area (Å²) in [4.78, 5) is 12.3. The van der Waals surface area contributed by atoms with Crippen molar-refractivity contribution in [3.05, 3.63) is 70.8 Å². The Labute approximate surface area is 132 Å². The predicted molar refractivity (Wildman–Crippen MR) is 89.8 cm³/mol. The number of amides is 1. The highest BCUT2D eigenvalue weighted by atomic mass is 16.1. The van der Waals surface area contributed by atoms with E-state index in [9.17, 15) is 4.79 Å². The number of carbonyl (C=O) groups excluding carboxylic acids is 1. The topological polar surface area (TPSA) is 29.1 Å². The molecule has 1 amide bonds. The van der Waals surface area contributed by atoms with E-state index in [0.717, 1.165) is 31.2 Å². The van der Waals surface area contributed by atoms with E-state index in [1.54, 1.807) is 0 Å². The standard InChI is InChI=1S/C20H23NO/c1-2-15-10-12-16(13-11-15)14-20(22)21-19-9-5-7-17-6-3-4-8-18(17)19/h3-4,6,8,10-13,19H,2,5,7,9,14H2,1H3,(H,21,22)/t19-/m1/s1. The molecule has 22 heavy (non-hydrogen) atoms. The zero-order valence-corrected chi connectivity index (χ0v) is 13.1. The smallest absolute Gasteiger partial charge is 0.224 e. The summed E-state index contributed by atoms with van der Waals surface area (Å²) in [6.07, 6.45) is 4.81. The Morgan fingerprint density at radius 2 is 1.82 bits per heavy atom. The molecule has 2 aromatic rings. The van der Waals surface area contributed by atoms with E-state index < -0.39 is 0 Å². The molecule has 0 heterocycles. The van der Waals surface area contributed by atoms with Crippen LogP contribution >= 0.6 is 0 Å². The fourth-order valence-corrected chi connectivity index (χ4v) is 3.23. The SMILES string of the molecule is CCc1ccc(CC(=O)N[C@@H]2CCCc3ccccc32)cc1. The lowest BCUT2D eigenvalue weighted by Crippen LogP contribution is -2.32. The van der Waals surface area contributed by atoms with Crippen LogP contribution in [0.25, 0.3) is 0 Å². The fraction of sp³-hybridized carbons (Fsp3) is 0.350. The van der Waals surface area contributed by atoms with Crippen LogP contribution in [0.2, 0.25) is 0 Å². The molecule has 2 nitrogen and oxygen atoms in total. The first-order valence-electron chi connectivity index (χ1n) is 8.21. The minimum Gasteiger partial charge on any atom is -0.349 e. The number of benzene rings is 2. The van der Waals surface area contributed by atoms with Crippen molar-refractivity contribution in [2.45, 2.75) is 45.1 Å². The molecule has 0 aliphatic heterocycles. The van der Waals surface area contributed by atoms with Gasteiger partial charge in [-0.2, -0.15) is 0 Å². The Morgan fingerprint density at radius 1 is 1.09 bits per heavy atom. The van der Waals surface area contributed by atoms with Crippen LogP contribution in [0.3, 0.4) is 0 Å². The number of fused-ring (bicyclic) bond motifs is 1. The third-order valence-corrected chi connectivity index (χ3v) is 4.50. The first kappa shape index (κ1) is 14.8. The van der Waals surface area contributed by atoms with E-state index in [4.69, 9.17) is 0 Å². The second-order valence-electron chi connectivity index (χ2n) is 6.06. The molecule has 3 rings (SSSR count). The van der Waals surface area contributed by atoms with Gasteiger partial charge in [0, 0.05) is 0 Å². The third kappa shape index (κ3) is 3.38. The number of aryl methyl sites for hydroxylation is 2. The molecule has 0 fully saturated rings. The number of hydrogen-bond donors (Lipinski definition) is 1. The molecule has 2 aromatic carbocycles. The predicted octanol–water partition coefficient (Wildman–Crippen LogP) is 3.99. The van der Waals surface area contributed by atoms with Crippen LogP contribution in [-0.4, -0.2) is 5.91 Å². The van der Waals surface area contributed by atoms with Gasteiger partial charge in [0.15, 0.2) is 0 Å². The lowest BCUT2D eigenvalue weighted by atomic mass is 9.87. The largest absolute Gasteiger partial charge is 0.349 e. The average Bonchev–Trinajstić information content (AvgIpc) is 2.56. The Morgan fingerprint density at radius 3 is 2.59 bits per heavy atom. The molecule has 2 heteroatoms. The monoisotopic (exact) mass is 293 g/mol. The highest BCUT2D eigenvalue weighted by molar-refractivity contribution is 5.79. The minimum atomic E-state index is 0.117. The lowest BCUT2D eigenvalue weighted by molar-refractivity contribution is -0.121. The first-order valence-corrected chi connectivity index (χ1v) is 8.21. The van der Waals surface area contributed by atoms with Crippen molar-refractivity contribution in [2.75, 3.05) is 0 Å².